The second-order valence-electron chi connectivity index (χ2n) is 4.21. The molecule has 0 saturated carbocycles. The minimum absolute atomic E-state index is 0.00912. The minimum atomic E-state index is -4.50. The van der Waals surface area contributed by atoms with E-state index in [4.69, 9.17) is 18.0 Å². The highest BCUT2D eigenvalue weighted by atomic mass is 32.1. The van der Waals surface area contributed by atoms with Crippen LogP contribution in [-0.2, 0) is 12.6 Å². The Labute approximate surface area is 129 Å². The number of alkyl halides is 3. The number of halogens is 3. The van der Waals surface area contributed by atoms with Crippen LogP contribution >= 0.6 is 23.6 Å². The molecule has 0 radical (unpaired) electrons. The highest BCUT2D eigenvalue weighted by molar-refractivity contribution is 7.80. The quantitative estimate of drug-likeness (QED) is 0.824. The highest BCUT2D eigenvalue weighted by Gasteiger charge is 2.33. The number of thiocarbonyl (C=S) groups is 1. The second-order valence-corrected chi connectivity index (χ2v) is 5.68. The molecule has 112 valence electrons. The highest BCUT2D eigenvalue weighted by Crippen LogP contribution is 2.29. The first-order valence-electron chi connectivity index (χ1n) is 6.02. The molecule has 0 saturated heterocycles. The number of anilines is 1. The second kappa shape index (κ2) is 6.40. The molecule has 3 N–H and O–H groups in total. The lowest BCUT2D eigenvalue weighted by Crippen LogP contribution is -2.18. The van der Waals surface area contributed by atoms with Crippen LogP contribution in [0.25, 0.3) is 0 Å². The van der Waals surface area contributed by atoms with Gasteiger partial charge in [0.25, 0.3) is 0 Å². The van der Waals surface area contributed by atoms with Crippen molar-refractivity contribution in [2.24, 2.45) is 5.73 Å². The van der Waals surface area contributed by atoms with E-state index in [0.717, 1.165) is 10.9 Å². The van der Waals surface area contributed by atoms with Crippen molar-refractivity contribution in [3.63, 3.8) is 0 Å². The summed E-state index contributed by atoms with van der Waals surface area (Å²) < 4.78 is 38.1. The summed E-state index contributed by atoms with van der Waals surface area (Å²) in [6.07, 6.45) is -3.81. The fraction of sp³-hybridized carbons (Fsp3) is 0.231. The maximum Gasteiger partial charge on any atom is 0.433 e. The summed E-state index contributed by atoms with van der Waals surface area (Å²) in [6.45, 7) is 0.449. The van der Waals surface area contributed by atoms with E-state index in [0.29, 0.717) is 18.5 Å². The molecule has 2 aromatic rings. The normalized spacial score (nSPS) is 11.4. The van der Waals surface area contributed by atoms with Crippen LogP contribution in [0.4, 0.5) is 19.0 Å². The lowest BCUT2D eigenvalue weighted by molar-refractivity contribution is -0.141. The van der Waals surface area contributed by atoms with Crippen LogP contribution in [0.5, 0.6) is 0 Å². The molecular formula is C13H12F3N3S2. The summed E-state index contributed by atoms with van der Waals surface area (Å²) >= 11 is 6.42. The Balaban J connectivity index is 2.16. The van der Waals surface area contributed by atoms with Crippen LogP contribution in [0.15, 0.2) is 29.6 Å². The lowest BCUT2D eigenvalue weighted by atomic mass is 10.2. The van der Waals surface area contributed by atoms with Crippen LogP contribution in [0.1, 0.15) is 16.1 Å². The van der Waals surface area contributed by atoms with Crippen LogP contribution in [0.3, 0.4) is 0 Å². The van der Waals surface area contributed by atoms with Crippen molar-refractivity contribution in [2.45, 2.75) is 12.6 Å². The van der Waals surface area contributed by atoms with E-state index in [1.807, 2.05) is 17.5 Å². The summed E-state index contributed by atoms with van der Waals surface area (Å²) in [4.78, 5) is 4.72. The Kier molecular flexibility index (Phi) is 4.79. The van der Waals surface area contributed by atoms with Gasteiger partial charge in [-0.1, -0.05) is 18.3 Å². The van der Waals surface area contributed by atoms with Gasteiger partial charge in [0.2, 0.25) is 0 Å². The molecule has 2 aromatic heterocycles. The van der Waals surface area contributed by atoms with Gasteiger partial charge in [0, 0.05) is 11.4 Å². The van der Waals surface area contributed by atoms with Crippen molar-refractivity contribution in [1.29, 1.82) is 0 Å². The fourth-order valence-corrected chi connectivity index (χ4v) is 2.58. The van der Waals surface area contributed by atoms with Crippen LogP contribution in [0.2, 0.25) is 0 Å². The molecule has 2 heterocycles. The topological polar surface area (TPSA) is 50.9 Å². The Morgan fingerprint density at radius 3 is 2.67 bits per heavy atom. The maximum atomic E-state index is 12.7. The number of thiophene rings is 1. The first-order chi connectivity index (χ1) is 9.88. The van der Waals surface area contributed by atoms with E-state index in [-0.39, 0.29) is 10.8 Å². The Morgan fingerprint density at radius 2 is 2.10 bits per heavy atom. The summed E-state index contributed by atoms with van der Waals surface area (Å²) in [5.41, 5.74) is 4.85. The van der Waals surface area contributed by atoms with E-state index in [1.54, 1.807) is 11.3 Å². The van der Waals surface area contributed by atoms with E-state index < -0.39 is 11.9 Å². The standard InChI is InChI=1S/C13H12F3N3S2/c14-13(15,16)10-4-3-9(11(17)20)12(19-10)18-6-5-8-2-1-7-21-8/h1-4,7H,5-6H2,(H2,17,20)(H,18,19). The van der Waals surface area contributed by atoms with Gasteiger partial charge in [-0.05, 0) is 30.0 Å². The lowest BCUT2D eigenvalue weighted by Gasteiger charge is -2.13. The van der Waals surface area contributed by atoms with Crippen LogP contribution < -0.4 is 11.1 Å². The third kappa shape index (κ3) is 4.15. The summed E-state index contributed by atoms with van der Waals surface area (Å²) in [5, 5.41) is 4.82. The SMILES string of the molecule is NC(=S)c1ccc(C(F)(F)F)nc1NCCc1cccs1. The van der Waals surface area contributed by atoms with E-state index in [2.05, 4.69) is 10.3 Å². The zero-order chi connectivity index (χ0) is 15.5. The van der Waals surface area contributed by atoms with Gasteiger partial charge in [0.05, 0.1) is 5.56 Å². The largest absolute Gasteiger partial charge is 0.433 e. The zero-order valence-corrected chi connectivity index (χ0v) is 12.4. The van der Waals surface area contributed by atoms with Gasteiger partial charge in [-0.2, -0.15) is 13.2 Å². The number of nitrogens with two attached hydrogens (primary N) is 1. The molecule has 0 spiro atoms. The molecule has 3 nitrogen and oxygen atoms in total. The van der Waals surface area contributed by atoms with Crippen LogP contribution in [-0.4, -0.2) is 16.5 Å². The number of nitrogens with one attached hydrogen (secondary N) is 1. The molecule has 0 aliphatic heterocycles. The Bertz CT molecular complexity index is 624. The summed E-state index contributed by atoms with van der Waals surface area (Å²) in [7, 11) is 0. The first kappa shape index (κ1) is 15.7. The van der Waals surface area contributed by atoms with Crippen LogP contribution in [0, 0.1) is 0 Å². The van der Waals surface area contributed by atoms with E-state index >= 15 is 0 Å². The predicted molar refractivity (Wildman–Crippen MR) is 81.6 cm³/mol. The molecule has 0 aliphatic rings. The molecule has 0 atom stereocenters. The summed E-state index contributed by atoms with van der Waals surface area (Å²) in [5.74, 6) is 0.0638. The smallest absolute Gasteiger partial charge is 0.389 e. The van der Waals surface area contributed by atoms with Crippen molar-refractivity contribution in [2.75, 3.05) is 11.9 Å². The van der Waals surface area contributed by atoms with Gasteiger partial charge in [-0.25, -0.2) is 4.98 Å². The van der Waals surface area contributed by atoms with Crippen molar-refractivity contribution in [1.82, 2.24) is 4.98 Å². The molecule has 21 heavy (non-hydrogen) atoms. The molecule has 0 aromatic carbocycles. The maximum absolute atomic E-state index is 12.7. The number of pyridine rings is 1. The first-order valence-corrected chi connectivity index (χ1v) is 7.31. The number of rotatable bonds is 5. The molecular weight excluding hydrogens is 319 g/mol. The molecule has 0 fully saturated rings. The van der Waals surface area contributed by atoms with Gasteiger partial charge in [-0.15, -0.1) is 11.3 Å². The molecule has 0 unspecified atom stereocenters. The van der Waals surface area contributed by atoms with Gasteiger partial charge < -0.3 is 11.1 Å². The predicted octanol–water partition coefficient (Wildman–Crippen LogP) is 3.45. The minimum Gasteiger partial charge on any atom is -0.389 e. The van der Waals surface area contributed by atoms with E-state index in [1.165, 1.54) is 6.07 Å². The fourth-order valence-electron chi connectivity index (χ4n) is 1.71. The van der Waals surface area contributed by atoms with Gasteiger partial charge in [0.15, 0.2) is 0 Å². The van der Waals surface area contributed by atoms with Gasteiger partial charge in [-0.3, -0.25) is 0 Å². The van der Waals surface area contributed by atoms with Crippen molar-refractivity contribution >= 4 is 34.4 Å². The third-order valence-corrected chi connectivity index (χ3v) is 3.85. The van der Waals surface area contributed by atoms with Crippen molar-refractivity contribution < 1.29 is 13.2 Å². The summed E-state index contributed by atoms with van der Waals surface area (Å²) in [6, 6.07) is 5.99. The number of aromatic nitrogens is 1. The molecule has 0 bridgehead atoms. The average molecular weight is 331 g/mol. The monoisotopic (exact) mass is 331 g/mol. The molecule has 8 heteroatoms. The Hall–Kier alpha value is -1.67. The number of hydrogen-bond donors (Lipinski definition) is 2. The van der Waals surface area contributed by atoms with Crippen molar-refractivity contribution in [3.05, 3.63) is 45.8 Å². The molecule has 0 amide bonds. The average Bonchev–Trinajstić information content (AvgIpc) is 2.90. The molecule has 2 rings (SSSR count). The van der Waals surface area contributed by atoms with Crippen molar-refractivity contribution in [3.8, 4) is 0 Å². The van der Waals surface area contributed by atoms with E-state index in [9.17, 15) is 13.2 Å². The number of hydrogen-bond acceptors (Lipinski definition) is 4. The number of nitrogens with zero attached hydrogens (tertiary/aromatic N) is 1. The third-order valence-electron chi connectivity index (χ3n) is 2.70. The Morgan fingerprint density at radius 1 is 1.33 bits per heavy atom. The zero-order valence-electron chi connectivity index (χ0n) is 10.8. The van der Waals surface area contributed by atoms with Gasteiger partial charge in [0.1, 0.15) is 16.5 Å². The molecule has 0 aliphatic carbocycles. The van der Waals surface area contributed by atoms with Gasteiger partial charge >= 0.3 is 6.18 Å².